The van der Waals surface area contributed by atoms with Crippen LogP contribution in [0, 0.1) is 5.95 Å². The first-order valence-corrected chi connectivity index (χ1v) is 5.27. The predicted molar refractivity (Wildman–Crippen MR) is 65.1 cm³/mol. The highest BCUT2D eigenvalue weighted by atomic mass is 19.1. The van der Waals surface area contributed by atoms with Crippen LogP contribution in [0.2, 0.25) is 0 Å². The molecule has 1 heterocycles. The normalized spacial score (nSPS) is 9.89. The minimum Gasteiger partial charge on any atom is -0.495 e. The van der Waals surface area contributed by atoms with Gasteiger partial charge < -0.3 is 10.1 Å². The van der Waals surface area contributed by atoms with Gasteiger partial charge in [-0.2, -0.15) is 4.39 Å². The van der Waals surface area contributed by atoms with Crippen molar-refractivity contribution in [2.45, 2.75) is 0 Å². The first-order chi connectivity index (χ1) is 8.72. The molecule has 0 bridgehead atoms. The number of pyridine rings is 1. The van der Waals surface area contributed by atoms with Crippen LogP contribution in [0.25, 0.3) is 0 Å². The lowest BCUT2D eigenvalue weighted by atomic mass is 10.2. The van der Waals surface area contributed by atoms with E-state index in [1.165, 1.54) is 25.4 Å². The average Bonchev–Trinajstić information content (AvgIpc) is 2.39. The Morgan fingerprint density at radius 2 is 2.06 bits per heavy atom. The fraction of sp³-hybridized carbons (Fsp3) is 0.0769. The third-order valence-corrected chi connectivity index (χ3v) is 2.36. The molecule has 0 unspecified atom stereocenters. The van der Waals surface area contributed by atoms with Gasteiger partial charge in [0.05, 0.1) is 18.4 Å². The summed E-state index contributed by atoms with van der Waals surface area (Å²) in [4.78, 5) is 15.3. The number of methoxy groups -OCH3 is 1. The van der Waals surface area contributed by atoms with Crippen LogP contribution >= 0.6 is 0 Å². The van der Waals surface area contributed by atoms with Gasteiger partial charge in [-0.3, -0.25) is 4.79 Å². The first kappa shape index (κ1) is 12.0. The van der Waals surface area contributed by atoms with Crippen molar-refractivity contribution in [1.82, 2.24) is 4.98 Å². The summed E-state index contributed by atoms with van der Waals surface area (Å²) in [5, 5.41) is 2.57. The molecule has 2 rings (SSSR count). The van der Waals surface area contributed by atoms with Crippen molar-refractivity contribution in [2.24, 2.45) is 0 Å². The Hall–Kier alpha value is -2.43. The topological polar surface area (TPSA) is 51.2 Å². The van der Waals surface area contributed by atoms with Gasteiger partial charge in [0.15, 0.2) is 0 Å². The molecule has 18 heavy (non-hydrogen) atoms. The van der Waals surface area contributed by atoms with Crippen LogP contribution in [0.5, 0.6) is 5.75 Å². The molecule has 5 heteroatoms. The Morgan fingerprint density at radius 3 is 2.78 bits per heavy atom. The summed E-state index contributed by atoms with van der Waals surface area (Å²) in [6, 6.07) is 9.77. The van der Waals surface area contributed by atoms with E-state index in [0.717, 1.165) is 0 Å². The molecule has 2 aromatic rings. The maximum absolute atomic E-state index is 13.3. The summed E-state index contributed by atoms with van der Waals surface area (Å²) in [6.45, 7) is 0. The molecule has 0 aliphatic rings. The number of carbonyl (C=O) groups is 1. The number of anilines is 1. The summed E-state index contributed by atoms with van der Waals surface area (Å²) in [5.41, 5.74) is 0.372. The summed E-state index contributed by atoms with van der Waals surface area (Å²) >= 11 is 0. The van der Waals surface area contributed by atoms with E-state index in [-0.39, 0.29) is 5.56 Å². The zero-order valence-electron chi connectivity index (χ0n) is 9.68. The number of carbonyl (C=O) groups excluding carboxylic acids is 1. The van der Waals surface area contributed by atoms with E-state index >= 15 is 0 Å². The second kappa shape index (κ2) is 5.27. The minimum absolute atomic E-state index is 0.108. The third-order valence-electron chi connectivity index (χ3n) is 2.36. The minimum atomic E-state index is -0.801. The average molecular weight is 246 g/mol. The monoisotopic (exact) mass is 246 g/mol. The molecule has 4 nitrogen and oxygen atoms in total. The Balaban J connectivity index is 2.24. The third kappa shape index (κ3) is 2.45. The second-order valence-corrected chi connectivity index (χ2v) is 3.50. The smallest absolute Gasteiger partial charge is 0.260 e. The summed E-state index contributed by atoms with van der Waals surface area (Å²) in [6.07, 6.45) is 1.29. The lowest BCUT2D eigenvalue weighted by molar-refractivity contribution is 0.102. The van der Waals surface area contributed by atoms with Gasteiger partial charge >= 0.3 is 0 Å². The van der Waals surface area contributed by atoms with Gasteiger partial charge in [0.25, 0.3) is 5.91 Å². The number of benzene rings is 1. The molecular formula is C13H11FN2O2. The largest absolute Gasteiger partial charge is 0.495 e. The van der Waals surface area contributed by atoms with Crippen LogP contribution < -0.4 is 10.1 Å². The SMILES string of the molecule is COc1ccccc1NC(=O)c1cccnc1F. The number of para-hydroxylation sites is 2. The molecule has 0 saturated heterocycles. The van der Waals surface area contributed by atoms with Crippen LogP contribution in [0.4, 0.5) is 10.1 Å². The van der Waals surface area contributed by atoms with E-state index in [0.29, 0.717) is 11.4 Å². The zero-order chi connectivity index (χ0) is 13.0. The van der Waals surface area contributed by atoms with Gasteiger partial charge in [0.2, 0.25) is 5.95 Å². The number of amides is 1. The summed E-state index contributed by atoms with van der Waals surface area (Å²) < 4.78 is 18.4. The second-order valence-electron chi connectivity index (χ2n) is 3.50. The van der Waals surface area contributed by atoms with E-state index in [2.05, 4.69) is 10.3 Å². The zero-order valence-corrected chi connectivity index (χ0v) is 9.68. The standard InChI is InChI=1S/C13H11FN2O2/c1-18-11-7-3-2-6-10(11)16-13(17)9-5-4-8-15-12(9)14/h2-8H,1H3,(H,16,17). The number of nitrogens with zero attached hydrogens (tertiary/aromatic N) is 1. The van der Waals surface area contributed by atoms with Crippen molar-refractivity contribution >= 4 is 11.6 Å². The molecule has 1 amide bonds. The molecule has 0 aliphatic carbocycles. The van der Waals surface area contributed by atoms with Crippen LogP contribution in [0.1, 0.15) is 10.4 Å². The van der Waals surface area contributed by atoms with Gasteiger partial charge in [-0.15, -0.1) is 0 Å². The molecule has 92 valence electrons. The fourth-order valence-electron chi connectivity index (χ4n) is 1.49. The van der Waals surface area contributed by atoms with Crippen molar-refractivity contribution in [2.75, 3.05) is 12.4 Å². The number of nitrogens with one attached hydrogen (secondary N) is 1. The quantitative estimate of drug-likeness (QED) is 0.846. The highest BCUT2D eigenvalue weighted by Gasteiger charge is 2.13. The number of ether oxygens (including phenoxy) is 1. The van der Waals surface area contributed by atoms with Gasteiger partial charge in [0.1, 0.15) is 5.75 Å². The lowest BCUT2D eigenvalue weighted by Crippen LogP contribution is -2.14. The Morgan fingerprint density at radius 1 is 1.28 bits per heavy atom. The summed E-state index contributed by atoms with van der Waals surface area (Å²) in [5.74, 6) is -0.856. The van der Waals surface area contributed by atoms with Crippen molar-refractivity contribution < 1.29 is 13.9 Å². The number of hydrogen-bond acceptors (Lipinski definition) is 3. The highest BCUT2D eigenvalue weighted by molar-refractivity contribution is 6.04. The van der Waals surface area contributed by atoms with E-state index in [4.69, 9.17) is 4.74 Å². The van der Waals surface area contributed by atoms with E-state index < -0.39 is 11.9 Å². The predicted octanol–water partition coefficient (Wildman–Crippen LogP) is 2.48. The Labute approximate surface area is 103 Å². The molecule has 0 spiro atoms. The molecule has 1 aromatic heterocycles. The van der Waals surface area contributed by atoms with Gasteiger partial charge in [-0.05, 0) is 24.3 Å². The fourth-order valence-corrected chi connectivity index (χ4v) is 1.49. The van der Waals surface area contributed by atoms with Crippen molar-refractivity contribution in [3.05, 3.63) is 54.1 Å². The molecule has 0 saturated carbocycles. The van der Waals surface area contributed by atoms with E-state index in [1.54, 1.807) is 24.3 Å². The molecular weight excluding hydrogens is 235 g/mol. The molecule has 0 aliphatic heterocycles. The number of halogens is 1. The van der Waals surface area contributed by atoms with Crippen molar-refractivity contribution in [3.8, 4) is 5.75 Å². The summed E-state index contributed by atoms with van der Waals surface area (Å²) in [7, 11) is 1.50. The number of aromatic nitrogens is 1. The maximum Gasteiger partial charge on any atom is 0.260 e. The Kier molecular flexibility index (Phi) is 3.52. The van der Waals surface area contributed by atoms with Crippen molar-refractivity contribution in [3.63, 3.8) is 0 Å². The van der Waals surface area contributed by atoms with E-state index in [9.17, 15) is 9.18 Å². The maximum atomic E-state index is 13.3. The Bertz CT molecular complexity index is 572. The molecule has 0 fully saturated rings. The van der Waals surface area contributed by atoms with Crippen LogP contribution in [-0.2, 0) is 0 Å². The van der Waals surface area contributed by atoms with Crippen LogP contribution in [0.3, 0.4) is 0 Å². The number of hydrogen-bond donors (Lipinski definition) is 1. The molecule has 0 radical (unpaired) electrons. The van der Waals surface area contributed by atoms with Crippen LogP contribution in [0.15, 0.2) is 42.6 Å². The molecule has 0 atom stereocenters. The van der Waals surface area contributed by atoms with Gasteiger partial charge in [-0.25, -0.2) is 4.98 Å². The van der Waals surface area contributed by atoms with Crippen molar-refractivity contribution in [1.29, 1.82) is 0 Å². The van der Waals surface area contributed by atoms with Gasteiger partial charge in [-0.1, -0.05) is 12.1 Å². The molecule has 1 aromatic carbocycles. The lowest BCUT2D eigenvalue weighted by Gasteiger charge is -2.09. The highest BCUT2D eigenvalue weighted by Crippen LogP contribution is 2.23. The first-order valence-electron chi connectivity index (χ1n) is 5.27. The van der Waals surface area contributed by atoms with E-state index in [1.807, 2.05) is 0 Å². The number of rotatable bonds is 3. The van der Waals surface area contributed by atoms with Crippen LogP contribution in [-0.4, -0.2) is 18.0 Å². The molecule has 1 N–H and O–H groups in total. The van der Waals surface area contributed by atoms with Gasteiger partial charge in [0, 0.05) is 6.20 Å².